The van der Waals surface area contributed by atoms with E-state index in [0.29, 0.717) is 61.9 Å². The summed E-state index contributed by atoms with van der Waals surface area (Å²) in [6, 6.07) is 10.9. The Balaban J connectivity index is 1.09. The number of nitriles is 1. The minimum Gasteiger partial charge on any atom is -0.381 e. The van der Waals surface area contributed by atoms with Crippen LogP contribution in [0.15, 0.2) is 41.5 Å². The van der Waals surface area contributed by atoms with Gasteiger partial charge in [-0.15, -0.1) is 0 Å². The fourth-order valence-electron chi connectivity index (χ4n) is 5.63. The number of aromatic nitrogens is 4. The van der Waals surface area contributed by atoms with E-state index in [2.05, 4.69) is 43.9 Å². The normalized spacial score (nSPS) is 20.4. The number of rotatable bonds is 12. The highest BCUT2D eigenvalue weighted by molar-refractivity contribution is 6.33. The van der Waals surface area contributed by atoms with Crippen LogP contribution in [0.3, 0.4) is 0 Å². The number of nitrogens with zero attached hydrogens (tertiary/aromatic N) is 4. The highest BCUT2D eigenvalue weighted by Crippen LogP contribution is 2.32. The number of pyridine rings is 2. The third-order valence-corrected chi connectivity index (χ3v) is 8.49. The zero-order valence-corrected chi connectivity index (χ0v) is 25.5. The molecule has 3 aromatic rings. The van der Waals surface area contributed by atoms with E-state index in [4.69, 9.17) is 26.1 Å². The molecule has 2 aliphatic rings. The zero-order chi connectivity index (χ0) is 30.9. The summed E-state index contributed by atoms with van der Waals surface area (Å²) in [7, 11) is 0. The van der Waals surface area contributed by atoms with E-state index in [-0.39, 0.29) is 18.7 Å². The third-order valence-electron chi connectivity index (χ3n) is 8.19. The quantitative estimate of drug-likeness (QED) is 0.224. The monoisotopic (exact) mass is 624 g/mol. The van der Waals surface area contributed by atoms with Crippen molar-refractivity contribution in [2.45, 2.75) is 70.2 Å². The molecule has 0 aromatic carbocycles. The summed E-state index contributed by atoms with van der Waals surface area (Å²) in [6.07, 6.45) is 7.92. The average molecular weight is 625 g/mol. The third kappa shape index (κ3) is 8.51. The van der Waals surface area contributed by atoms with Gasteiger partial charge in [0.15, 0.2) is 0 Å². The molecule has 4 N–H and O–H groups in total. The van der Waals surface area contributed by atoms with Gasteiger partial charge in [0, 0.05) is 49.6 Å². The number of ether oxygens (including phenoxy) is 2. The van der Waals surface area contributed by atoms with E-state index < -0.39 is 16.8 Å². The standard InChI is InChI=1S/C31H38ClFN8O3/c1-20(16-44-17-29-36-15-25(33)30(42)41-29)38-21-5-7-22(8-6-21)39-28-13-23(24(32)14-35-28)26-3-2-4-27(40-26)37-19-31(18-34)9-11-43-12-10-31/h2-4,13-15,20-22,38H,5-12,16-17,19H2,1H3,(H,35,39)(H,37,40)(H,36,41,42)/t20-,21-,22-/m0/s1. The van der Waals surface area contributed by atoms with Crippen LogP contribution in [0.2, 0.25) is 5.02 Å². The smallest absolute Gasteiger partial charge is 0.287 e. The lowest BCUT2D eigenvalue weighted by molar-refractivity contribution is 0.0455. The summed E-state index contributed by atoms with van der Waals surface area (Å²) in [5, 5.41) is 20.8. The second-order valence-electron chi connectivity index (χ2n) is 11.6. The number of halogens is 2. The number of anilines is 2. The second kappa shape index (κ2) is 14.9. The molecule has 0 bridgehead atoms. The maximum absolute atomic E-state index is 13.1. The van der Waals surface area contributed by atoms with Crippen molar-refractivity contribution in [2.24, 2.45) is 5.41 Å². The van der Waals surface area contributed by atoms with Crippen LogP contribution >= 0.6 is 11.6 Å². The molecule has 1 aliphatic carbocycles. The number of hydrogen-bond donors (Lipinski definition) is 4. The summed E-state index contributed by atoms with van der Waals surface area (Å²) in [5.41, 5.74) is 0.273. The predicted octanol–water partition coefficient (Wildman–Crippen LogP) is 4.67. The van der Waals surface area contributed by atoms with Crippen molar-refractivity contribution in [3.05, 3.63) is 63.7 Å². The van der Waals surface area contributed by atoms with Gasteiger partial charge in [-0.1, -0.05) is 17.7 Å². The van der Waals surface area contributed by atoms with Crippen molar-refractivity contribution >= 4 is 23.2 Å². The van der Waals surface area contributed by atoms with E-state index >= 15 is 0 Å². The minimum atomic E-state index is -0.909. The van der Waals surface area contributed by atoms with E-state index in [0.717, 1.165) is 49.0 Å². The van der Waals surface area contributed by atoms with Crippen molar-refractivity contribution in [1.82, 2.24) is 25.3 Å². The number of nitrogens with one attached hydrogen (secondary N) is 4. The predicted molar refractivity (Wildman–Crippen MR) is 166 cm³/mol. The first-order chi connectivity index (χ1) is 21.3. The van der Waals surface area contributed by atoms with Gasteiger partial charge in [-0.05, 0) is 63.6 Å². The molecule has 1 saturated carbocycles. The van der Waals surface area contributed by atoms with Crippen LogP contribution in [-0.4, -0.2) is 64.4 Å². The molecular weight excluding hydrogens is 587 g/mol. The van der Waals surface area contributed by atoms with Crippen LogP contribution in [0.25, 0.3) is 11.3 Å². The van der Waals surface area contributed by atoms with Gasteiger partial charge in [0.05, 0.1) is 35.0 Å². The van der Waals surface area contributed by atoms with E-state index in [1.54, 1.807) is 6.20 Å². The molecule has 5 rings (SSSR count). The maximum Gasteiger partial charge on any atom is 0.287 e. The Morgan fingerprint density at radius 2 is 1.95 bits per heavy atom. The molecule has 1 aliphatic heterocycles. The van der Waals surface area contributed by atoms with E-state index in [9.17, 15) is 14.4 Å². The Labute approximate surface area is 261 Å². The van der Waals surface area contributed by atoms with E-state index in [1.807, 2.05) is 24.3 Å². The fourth-order valence-corrected chi connectivity index (χ4v) is 5.83. The summed E-state index contributed by atoms with van der Waals surface area (Å²) in [5.74, 6) is 0.835. The van der Waals surface area contributed by atoms with Crippen molar-refractivity contribution < 1.29 is 13.9 Å². The topological polar surface area (TPSA) is 150 Å². The molecule has 0 unspecified atom stereocenters. The summed E-state index contributed by atoms with van der Waals surface area (Å²) in [4.78, 5) is 26.9. The molecule has 0 amide bonds. The van der Waals surface area contributed by atoms with Crippen LogP contribution in [0.4, 0.5) is 16.0 Å². The van der Waals surface area contributed by atoms with Gasteiger partial charge in [0.25, 0.3) is 5.56 Å². The van der Waals surface area contributed by atoms with Gasteiger partial charge in [-0.3, -0.25) is 4.79 Å². The highest BCUT2D eigenvalue weighted by atomic mass is 35.5. The summed E-state index contributed by atoms with van der Waals surface area (Å²) < 4.78 is 24.2. The first-order valence-corrected chi connectivity index (χ1v) is 15.4. The SMILES string of the molecule is C[C@@H](COCc1ncc(F)c(=O)[nH]1)N[C@H]1CC[C@H](Nc2cc(-c3cccc(NCC4(C#N)CCOCC4)n3)c(Cl)cn2)CC1. The molecule has 3 aromatic heterocycles. The minimum absolute atomic E-state index is 0.108. The van der Waals surface area contributed by atoms with Crippen LogP contribution in [-0.2, 0) is 16.1 Å². The van der Waals surface area contributed by atoms with Crippen LogP contribution in [0.1, 0.15) is 51.3 Å². The Morgan fingerprint density at radius 1 is 1.18 bits per heavy atom. The molecular formula is C31H38ClFN8O3. The highest BCUT2D eigenvalue weighted by Gasteiger charge is 2.32. The molecule has 0 radical (unpaired) electrons. The zero-order valence-electron chi connectivity index (χ0n) is 24.7. The molecule has 13 heteroatoms. The van der Waals surface area contributed by atoms with E-state index in [1.165, 1.54) is 0 Å². The van der Waals surface area contributed by atoms with Gasteiger partial charge in [0.1, 0.15) is 24.1 Å². The van der Waals surface area contributed by atoms with Crippen LogP contribution < -0.4 is 21.5 Å². The van der Waals surface area contributed by atoms with Crippen molar-refractivity contribution in [3.8, 4) is 17.3 Å². The van der Waals surface area contributed by atoms with Crippen molar-refractivity contribution in [1.29, 1.82) is 5.26 Å². The van der Waals surface area contributed by atoms with Crippen LogP contribution in [0.5, 0.6) is 0 Å². The van der Waals surface area contributed by atoms with Crippen LogP contribution in [0, 0.1) is 22.6 Å². The number of H-pyrrole nitrogens is 1. The average Bonchev–Trinajstić information content (AvgIpc) is 3.04. The summed E-state index contributed by atoms with van der Waals surface area (Å²) in [6.45, 7) is 4.31. The van der Waals surface area contributed by atoms with Gasteiger partial charge in [-0.25, -0.2) is 15.0 Å². The molecule has 11 nitrogen and oxygen atoms in total. The molecule has 234 valence electrons. The maximum atomic E-state index is 13.1. The Morgan fingerprint density at radius 3 is 2.70 bits per heavy atom. The Hall–Kier alpha value is -3.63. The lowest BCUT2D eigenvalue weighted by atomic mass is 9.82. The van der Waals surface area contributed by atoms with Gasteiger partial charge >= 0.3 is 0 Å². The molecule has 4 heterocycles. The van der Waals surface area contributed by atoms with Crippen molar-refractivity contribution in [3.63, 3.8) is 0 Å². The molecule has 1 atom stereocenters. The van der Waals surface area contributed by atoms with Gasteiger partial charge < -0.3 is 30.4 Å². The summed E-state index contributed by atoms with van der Waals surface area (Å²) >= 11 is 6.56. The molecule has 1 saturated heterocycles. The fraction of sp³-hybridized carbons (Fsp3) is 0.516. The molecule has 44 heavy (non-hydrogen) atoms. The second-order valence-corrected chi connectivity index (χ2v) is 12.0. The number of aromatic amines is 1. The molecule has 0 spiro atoms. The first-order valence-electron chi connectivity index (χ1n) is 15.0. The Bertz CT molecular complexity index is 1500. The lowest BCUT2D eigenvalue weighted by Crippen LogP contribution is -2.43. The largest absolute Gasteiger partial charge is 0.381 e. The first kappa shape index (κ1) is 31.8. The lowest BCUT2D eigenvalue weighted by Gasteiger charge is -2.32. The Kier molecular flexibility index (Phi) is 10.8. The molecule has 2 fully saturated rings. The van der Waals surface area contributed by atoms with Gasteiger partial charge in [0.2, 0.25) is 5.82 Å². The number of hydrogen-bond acceptors (Lipinski definition) is 10. The van der Waals surface area contributed by atoms with Gasteiger partial charge in [-0.2, -0.15) is 9.65 Å². The van der Waals surface area contributed by atoms with Crippen molar-refractivity contribution in [2.75, 3.05) is 37.0 Å².